The van der Waals surface area contributed by atoms with E-state index in [9.17, 15) is 0 Å². The molecule has 0 spiro atoms. The second-order valence-electron chi connectivity index (χ2n) is 4.98. The van der Waals surface area contributed by atoms with Crippen LogP contribution < -0.4 is 5.73 Å². The third-order valence-corrected chi connectivity index (χ3v) is 4.58. The third kappa shape index (κ3) is 3.11. The monoisotopic (exact) mass is 270 g/mol. The smallest absolute Gasteiger partial charge is 0.125 e. The quantitative estimate of drug-likeness (QED) is 0.818. The van der Waals surface area contributed by atoms with Crippen LogP contribution in [0.25, 0.3) is 0 Å². The van der Waals surface area contributed by atoms with Gasteiger partial charge in [0.1, 0.15) is 10.6 Å². The van der Waals surface area contributed by atoms with Gasteiger partial charge in [-0.05, 0) is 25.7 Å². The molecule has 0 fully saturated rings. The summed E-state index contributed by atoms with van der Waals surface area (Å²) in [7, 11) is 0. The molecule has 0 amide bonds. The molecule has 0 saturated carbocycles. The minimum Gasteiger partial charge on any atom is -0.368 e. The molecule has 1 unspecified atom stereocenters. The van der Waals surface area contributed by atoms with Gasteiger partial charge in [0, 0.05) is 12.0 Å². The molecule has 104 valence electrons. The lowest BCUT2D eigenvalue weighted by Crippen LogP contribution is -2.28. The number of nitrogens with two attached hydrogens (primary N) is 1. The fourth-order valence-electron chi connectivity index (χ4n) is 2.08. The van der Waals surface area contributed by atoms with Crippen LogP contribution in [-0.4, -0.2) is 11.6 Å². The third-order valence-electron chi connectivity index (χ3n) is 3.53. The Morgan fingerprint density at radius 2 is 1.94 bits per heavy atom. The van der Waals surface area contributed by atoms with Gasteiger partial charge in [0.15, 0.2) is 0 Å². The van der Waals surface area contributed by atoms with Crippen molar-refractivity contribution < 1.29 is 4.74 Å². The zero-order valence-corrected chi connectivity index (χ0v) is 13.0. The van der Waals surface area contributed by atoms with E-state index in [1.807, 2.05) is 6.92 Å². The number of aromatic nitrogens is 1. The standard InChI is InChI=1S/C14H26N2OS/c1-6-14(7-2,17-8-3)13-16-11(9-18-13)12(15)10(4)5/h9-10,12H,6-8,15H2,1-5H3. The van der Waals surface area contributed by atoms with Crippen LogP contribution >= 0.6 is 11.3 Å². The van der Waals surface area contributed by atoms with E-state index in [0.717, 1.165) is 23.5 Å². The largest absolute Gasteiger partial charge is 0.368 e. The number of rotatable bonds is 7. The van der Waals surface area contributed by atoms with Crippen molar-refractivity contribution in [3.8, 4) is 0 Å². The molecule has 4 heteroatoms. The number of nitrogens with zero attached hydrogens (tertiary/aromatic N) is 1. The number of thiazole rings is 1. The van der Waals surface area contributed by atoms with E-state index in [1.165, 1.54) is 0 Å². The first-order chi connectivity index (χ1) is 8.50. The fraction of sp³-hybridized carbons (Fsp3) is 0.786. The Bertz CT molecular complexity index is 358. The van der Waals surface area contributed by atoms with Crippen molar-refractivity contribution in [3.05, 3.63) is 16.1 Å². The van der Waals surface area contributed by atoms with E-state index >= 15 is 0 Å². The Labute approximate surface area is 115 Å². The molecule has 2 N–H and O–H groups in total. The van der Waals surface area contributed by atoms with Gasteiger partial charge in [-0.25, -0.2) is 4.98 Å². The van der Waals surface area contributed by atoms with E-state index in [4.69, 9.17) is 15.5 Å². The van der Waals surface area contributed by atoms with Gasteiger partial charge in [-0.3, -0.25) is 0 Å². The summed E-state index contributed by atoms with van der Waals surface area (Å²) in [6.45, 7) is 11.3. The van der Waals surface area contributed by atoms with E-state index in [0.29, 0.717) is 12.5 Å². The molecule has 0 aliphatic carbocycles. The Balaban J connectivity index is 3.01. The summed E-state index contributed by atoms with van der Waals surface area (Å²) in [6, 6.07) is 0.0167. The van der Waals surface area contributed by atoms with Crippen LogP contribution in [0.2, 0.25) is 0 Å². The van der Waals surface area contributed by atoms with Crippen LogP contribution in [0.5, 0.6) is 0 Å². The molecule has 0 bridgehead atoms. The van der Waals surface area contributed by atoms with Gasteiger partial charge in [0.05, 0.1) is 11.7 Å². The molecule has 0 radical (unpaired) electrons. The maximum Gasteiger partial charge on any atom is 0.125 e. The van der Waals surface area contributed by atoms with Crippen molar-refractivity contribution in [1.82, 2.24) is 4.98 Å². The lowest BCUT2D eigenvalue weighted by Gasteiger charge is -2.29. The molecular weight excluding hydrogens is 244 g/mol. The second-order valence-corrected chi connectivity index (χ2v) is 5.84. The molecule has 3 nitrogen and oxygen atoms in total. The Morgan fingerprint density at radius 1 is 1.33 bits per heavy atom. The van der Waals surface area contributed by atoms with E-state index in [1.54, 1.807) is 11.3 Å². The predicted molar refractivity (Wildman–Crippen MR) is 77.8 cm³/mol. The SMILES string of the molecule is CCOC(CC)(CC)c1nc(C(N)C(C)C)cs1. The zero-order valence-electron chi connectivity index (χ0n) is 12.2. The van der Waals surface area contributed by atoms with Crippen molar-refractivity contribution in [1.29, 1.82) is 0 Å². The molecule has 1 rings (SSSR count). The second kappa shape index (κ2) is 6.64. The average Bonchev–Trinajstić information content (AvgIpc) is 2.85. The van der Waals surface area contributed by atoms with E-state index in [-0.39, 0.29) is 11.6 Å². The molecule has 0 aromatic carbocycles. The van der Waals surface area contributed by atoms with E-state index < -0.39 is 0 Å². The van der Waals surface area contributed by atoms with Crippen molar-refractivity contribution in [2.24, 2.45) is 11.7 Å². The number of hydrogen-bond acceptors (Lipinski definition) is 4. The summed E-state index contributed by atoms with van der Waals surface area (Å²) in [4.78, 5) is 4.73. The van der Waals surface area contributed by atoms with Crippen LogP contribution in [0.4, 0.5) is 0 Å². The van der Waals surface area contributed by atoms with Crippen LogP contribution in [-0.2, 0) is 10.3 Å². The highest BCUT2D eigenvalue weighted by molar-refractivity contribution is 7.09. The Hall–Kier alpha value is -0.450. The van der Waals surface area contributed by atoms with Crippen LogP contribution in [0.15, 0.2) is 5.38 Å². The topological polar surface area (TPSA) is 48.1 Å². The highest BCUT2D eigenvalue weighted by atomic mass is 32.1. The summed E-state index contributed by atoms with van der Waals surface area (Å²) in [5, 5.41) is 3.15. The summed E-state index contributed by atoms with van der Waals surface area (Å²) < 4.78 is 5.97. The van der Waals surface area contributed by atoms with Crippen LogP contribution in [0.3, 0.4) is 0 Å². The maximum atomic E-state index is 6.15. The lowest BCUT2D eigenvalue weighted by atomic mass is 9.97. The van der Waals surface area contributed by atoms with Gasteiger partial charge in [0.25, 0.3) is 0 Å². The van der Waals surface area contributed by atoms with Crippen molar-refractivity contribution in [3.63, 3.8) is 0 Å². The van der Waals surface area contributed by atoms with Gasteiger partial charge in [0.2, 0.25) is 0 Å². The average molecular weight is 270 g/mol. The normalized spacial score (nSPS) is 14.2. The van der Waals surface area contributed by atoms with Gasteiger partial charge < -0.3 is 10.5 Å². The first-order valence-corrected chi connectivity index (χ1v) is 7.74. The van der Waals surface area contributed by atoms with Crippen LogP contribution in [0, 0.1) is 5.92 Å². The van der Waals surface area contributed by atoms with Crippen molar-refractivity contribution >= 4 is 11.3 Å². The highest BCUT2D eigenvalue weighted by Crippen LogP contribution is 2.36. The highest BCUT2D eigenvalue weighted by Gasteiger charge is 2.32. The maximum absolute atomic E-state index is 6.15. The van der Waals surface area contributed by atoms with Crippen LogP contribution in [0.1, 0.15) is 64.2 Å². The van der Waals surface area contributed by atoms with Gasteiger partial charge in [-0.1, -0.05) is 27.7 Å². The summed E-state index contributed by atoms with van der Waals surface area (Å²) in [5.74, 6) is 0.407. The van der Waals surface area contributed by atoms with Gasteiger partial charge >= 0.3 is 0 Å². The Kier molecular flexibility index (Phi) is 5.76. The molecule has 1 aromatic rings. The molecule has 0 aliphatic rings. The van der Waals surface area contributed by atoms with Crippen molar-refractivity contribution in [2.75, 3.05) is 6.61 Å². The molecule has 0 saturated heterocycles. The lowest BCUT2D eigenvalue weighted by molar-refractivity contribution is -0.0507. The minimum atomic E-state index is -0.228. The molecular formula is C14H26N2OS. The predicted octanol–water partition coefficient (Wildman–Crippen LogP) is 3.85. The molecule has 1 heterocycles. The minimum absolute atomic E-state index is 0.0167. The van der Waals surface area contributed by atoms with Gasteiger partial charge in [-0.2, -0.15) is 0 Å². The molecule has 1 aromatic heterocycles. The first kappa shape index (κ1) is 15.6. The number of hydrogen-bond donors (Lipinski definition) is 1. The number of ether oxygens (including phenoxy) is 1. The summed E-state index contributed by atoms with van der Waals surface area (Å²) >= 11 is 1.68. The van der Waals surface area contributed by atoms with Crippen molar-refractivity contribution in [2.45, 2.75) is 59.1 Å². The zero-order chi connectivity index (χ0) is 13.8. The Morgan fingerprint density at radius 3 is 2.39 bits per heavy atom. The summed E-state index contributed by atoms with van der Waals surface area (Å²) in [6.07, 6.45) is 1.89. The fourth-order valence-corrected chi connectivity index (χ4v) is 3.25. The molecule has 0 aliphatic heterocycles. The molecule has 18 heavy (non-hydrogen) atoms. The first-order valence-electron chi connectivity index (χ1n) is 6.86. The van der Waals surface area contributed by atoms with Gasteiger partial charge in [-0.15, -0.1) is 11.3 Å². The summed E-state index contributed by atoms with van der Waals surface area (Å²) in [5.41, 5.74) is 6.92. The van der Waals surface area contributed by atoms with E-state index in [2.05, 4.69) is 33.1 Å². The molecule has 1 atom stereocenters.